The minimum Gasteiger partial charge on any atom is -0.465 e. The molecule has 2 atom stereocenters. The zero-order chi connectivity index (χ0) is 19.6. The molecule has 3 nitrogen and oxygen atoms in total. The summed E-state index contributed by atoms with van der Waals surface area (Å²) in [6, 6.07) is 20.9. The summed E-state index contributed by atoms with van der Waals surface area (Å²) in [6.07, 6.45) is 6.34. The van der Waals surface area contributed by atoms with E-state index in [1.807, 2.05) is 24.3 Å². The van der Waals surface area contributed by atoms with Crippen LogP contribution in [0.5, 0.6) is 0 Å². The fraction of sp³-hybridized carbons (Fsp3) is 0.480. The van der Waals surface area contributed by atoms with Crippen molar-refractivity contribution in [3.63, 3.8) is 0 Å². The first-order chi connectivity index (χ1) is 13.8. The highest BCUT2D eigenvalue weighted by atomic mass is 16.5. The summed E-state index contributed by atoms with van der Waals surface area (Å²) in [6.45, 7) is 4.73. The fourth-order valence-corrected chi connectivity index (χ4v) is 4.16. The molecule has 0 saturated carbocycles. The summed E-state index contributed by atoms with van der Waals surface area (Å²) in [4.78, 5) is 15.7. The van der Waals surface area contributed by atoms with E-state index in [0.717, 1.165) is 25.9 Å². The topological polar surface area (TPSA) is 29.5 Å². The number of hydrogen-bond acceptors (Lipinski definition) is 3. The molecular formula is C25H33NO2. The predicted octanol–water partition coefficient (Wildman–Crippen LogP) is 5.42. The highest BCUT2D eigenvalue weighted by Gasteiger charge is 2.35. The van der Waals surface area contributed by atoms with Crippen molar-refractivity contribution in [3.05, 3.63) is 71.8 Å². The Labute approximate surface area is 169 Å². The Balaban J connectivity index is 1.90. The van der Waals surface area contributed by atoms with E-state index in [2.05, 4.69) is 48.2 Å². The minimum absolute atomic E-state index is 0.0586. The Kier molecular flexibility index (Phi) is 8.10. The Morgan fingerprint density at radius 2 is 1.61 bits per heavy atom. The molecule has 0 bridgehead atoms. The van der Waals surface area contributed by atoms with Crippen molar-refractivity contribution in [3.8, 4) is 0 Å². The lowest BCUT2D eigenvalue weighted by molar-refractivity contribution is -0.151. The molecule has 0 N–H and O–H groups in total. The molecule has 3 rings (SSSR count). The Morgan fingerprint density at radius 1 is 0.964 bits per heavy atom. The number of unbranched alkanes of at least 4 members (excludes halogenated alkanes) is 1. The van der Waals surface area contributed by atoms with Gasteiger partial charge in [-0.1, -0.05) is 80.4 Å². The van der Waals surface area contributed by atoms with Crippen LogP contribution in [0.2, 0.25) is 0 Å². The van der Waals surface area contributed by atoms with Crippen LogP contribution in [0.3, 0.4) is 0 Å². The number of likely N-dealkylation sites (tertiary alicyclic amines) is 1. The molecule has 0 aromatic heterocycles. The molecule has 1 aliphatic heterocycles. The first kappa shape index (κ1) is 20.6. The fourth-order valence-electron chi connectivity index (χ4n) is 4.16. The van der Waals surface area contributed by atoms with E-state index in [4.69, 9.17) is 4.74 Å². The van der Waals surface area contributed by atoms with Crippen molar-refractivity contribution in [1.29, 1.82) is 0 Å². The SMILES string of the molecule is CCCCOC(=O)C(Cc1ccccc1)C(c1ccccc1)N1CCCCC1. The molecule has 2 aromatic rings. The third-order valence-corrected chi connectivity index (χ3v) is 5.65. The van der Waals surface area contributed by atoms with E-state index in [1.165, 1.54) is 30.4 Å². The number of esters is 1. The number of rotatable bonds is 9. The highest BCUT2D eigenvalue weighted by molar-refractivity contribution is 5.74. The Hall–Kier alpha value is -2.13. The third-order valence-electron chi connectivity index (χ3n) is 5.65. The van der Waals surface area contributed by atoms with Gasteiger partial charge in [0.15, 0.2) is 0 Å². The summed E-state index contributed by atoms with van der Waals surface area (Å²) in [5.41, 5.74) is 2.41. The number of nitrogens with zero attached hydrogens (tertiary/aromatic N) is 1. The van der Waals surface area contributed by atoms with Gasteiger partial charge < -0.3 is 4.74 Å². The van der Waals surface area contributed by atoms with E-state index in [9.17, 15) is 4.79 Å². The number of benzene rings is 2. The molecule has 0 spiro atoms. The summed E-state index contributed by atoms with van der Waals surface area (Å²) in [7, 11) is 0. The van der Waals surface area contributed by atoms with Crippen molar-refractivity contribution in [2.24, 2.45) is 5.92 Å². The molecule has 1 heterocycles. The molecule has 28 heavy (non-hydrogen) atoms. The number of ether oxygens (including phenoxy) is 1. The van der Waals surface area contributed by atoms with Crippen LogP contribution in [0.4, 0.5) is 0 Å². The molecule has 1 aliphatic rings. The molecule has 1 fully saturated rings. The van der Waals surface area contributed by atoms with Gasteiger partial charge in [0.05, 0.1) is 12.5 Å². The summed E-state index contributed by atoms with van der Waals surface area (Å²) < 4.78 is 5.74. The second-order valence-corrected chi connectivity index (χ2v) is 7.77. The zero-order valence-electron chi connectivity index (χ0n) is 17.1. The van der Waals surface area contributed by atoms with Crippen LogP contribution >= 0.6 is 0 Å². The normalized spacial score (nSPS) is 17.0. The number of carbonyl (C=O) groups is 1. The van der Waals surface area contributed by atoms with Crippen LogP contribution in [-0.2, 0) is 16.0 Å². The predicted molar refractivity (Wildman–Crippen MR) is 114 cm³/mol. The summed E-state index contributed by atoms with van der Waals surface area (Å²) in [5.74, 6) is -0.253. The molecule has 3 heteroatoms. The first-order valence-electron chi connectivity index (χ1n) is 10.8. The number of piperidine rings is 1. The lowest BCUT2D eigenvalue weighted by Crippen LogP contribution is -2.41. The van der Waals surface area contributed by atoms with Gasteiger partial charge in [0, 0.05) is 6.04 Å². The average molecular weight is 380 g/mol. The number of hydrogen-bond donors (Lipinski definition) is 0. The highest BCUT2D eigenvalue weighted by Crippen LogP contribution is 2.34. The van der Waals surface area contributed by atoms with Crippen LogP contribution in [0.25, 0.3) is 0 Å². The summed E-state index contributed by atoms with van der Waals surface area (Å²) >= 11 is 0. The zero-order valence-corrected chi connectivity index (χ0v) is 17.1. The van der Waals surface area contributed by atoms with E-state index in [-0.39, 0.29) is 17.9 Å². The van der Waals surface area contributed by atoms with Crippen molar-refractivity contribution < 1.29 is 9.53 Å². The first-order valence-corrected chi connectivity index (χ1v) is 10.8. The van der Waals surface area contributed by atoms with Crippen LogP contribution in [0.1, 0.15) is 56.2 Å². The quantitative estimate of drug-likeness (QED) is 0.431. The summed E-state index contributed by atoms with van der Waals surface area (Å²) in [5, 5.41) is 0. The van der Waals surface area contributed by atoms with Gasteiger partial charge in [0.25, 0.3) is 0 Å². The maximum absolute atomic E-state index is 13.2. The smallest absolute Gasteiger partial charge is 0.311 e. The maximum Gasteiger partial charge on any atom is 0.311 e. The van der Waals surface area contributed by atoms with Crippen molar-refractivity contribution >= 4 is 5.97 Å². The molecule has 2 aromatic carbocycles. The third kappa shape index (κ3) is 5.68. The van der Waals surface area contributed by atoms with E-state index >= 15 is 0 Å². The van der Waals surface area contributed by atoms with E-state index < -0.39 is 0 Å². The monoisotopic (exact) mass is 379 g/mol. The molecule has 1 saturated heterocycles. The lowest BCUT2D eigenvalue weighted by Gasteiger charge is -2.38. The van der Waals surface area contributed by atoms with Gasteiger partial charge in [0.1, 0.15) is 0 Å². The van der Waals surface area contributed by atoms with Crippen LogP contribution in [-0.4, -0.2) is 30.6 Å². The molecule has 0 radical (unpaired) electrons. The molecule has 0 amide bonds. The Morgan fingerprint density at radius 3 is 2.25 bits per heavy atom. The van der Waals surface area contributed by atoms with Crippen LogP contribution in [0.15, 0.2) is 60.7 Å². The van der Waals surface area contributed by atoms with Gasteiger partial charge in [-0.2, -0.15) is 0 Å². The molecule has 150 valence electrons. The van der Waals surface area contributed by atoms with Crippen molar-refractivity contribution in [2.75, 3.05) is 19.7 Å². The minimum atomic E-state index is -0.195. The van der Waals surface area contributed by atoms with Crippen molar-refractivity contribution in [1.82, 2.24) is 4.90 Å². The van der Waals surface area contributed by atoms with Gasteiger partial charge in [-0.15, -0.1) is 0 Å². The van der Waals surface area contributed by atoms with Crippen LogP contribution in [0, 0.1) is 5.92 Å². The number of carbonyl (C=O) groups excluding carboxylic acids is 1. The second-order valence-electron chi connectivity index (χ2n) is 7.77. The molecule has 0 aliphatic carbocycles. The lowest BCUT2D eigenvalue weighted by atomic mass is 9.85. The van der Waals surface area contributed by atoms with Crippen molar-refractivity contribution in [2.45, 2.75) is 51.5 Å². The van der Waals surface area contributed by atoms with Gasteiger partial charge in [-0.05, 0) is 49.9 Å². The Bertz CT molecular complexity index is 695. The second kappa shape index (κ2) is 11.0. The van der Waals surface area contributed by atoms with Gasteiger partial charge in [-0.25, -0.2) is 0 Å². The van der Waals surface area contributed by atoms with E-state index in [0.29, 0.717) is 13.0 Å². The van der Waals surface area contributed by atoms with Gasteiger partial charge in [0.2, 0.25) is 0 Å². The standard InChI is InChI=1S/C25H33NO2/c1-2-3-19-28-25(27)23(20-21-13-7-4-8-14-21)24(22-15-9-5-10-16-22)26-17-11-6-12-18-26/h4-5,7-10,13-16,23-24H,2-3,6,11-12,17-20H2,1H3. The molecular weight excluding hydrogens is 346 g/mol. The van der Waals surface area contributed by atoms with E-state index in [1.54, 1.807) is 0 Å². The average Bonchev–Trinajstić information content (AvgIpc) is 2.76. The van der Waals surface area contributed by atoms with Crippen LogP contribution < -0.4 is 0 Å². The maximum atomic E-state index is 13.2. The largest absolute Gasteiger partial charge is 0.465 e. The molecule has 2 unspecified atom stereocenters. The van der Waals surface area contributed by atoms with Gasteiger partial charge in [-0.3, -0.25) is 9.69 Å². The van der Waals surface area contributed by atoms with Gasteiger partial charge >= 0.3 is 5.97 Å².